The first-order valence-electron chi connectivity index (χ1n) is 15.0. The van der Waals surface area contributed by atoms with Gasteiger partial charge >= 0.3 is 0 Å². The molecule has 3 aromatic carbocycles. The summed E-state index contributed by atoms with van der Waals surface area (Å²) in [5.74, 6) is 0.637. The van der Waals surface area contributed by atoms with Gasteiger partial charge in [-0.2, -0.15) is 0 Å². The molecule has 0 aliphatic carbocycles. The minimum Gasteiger partial charge on any atom is -0.497 e. The number of ether oxygens (including phenoxy) is 2. The van der Waals surface area contributed by atoms with Crippen molar-refractivity contribution in [3.63, 3.8) is 0 Å². The maximum atomic E-state index is 14.8. The summed E-state index contributed by atoms with van der Waals surface area (Å²) in [4.78, 5) is 31.4. The number of anilines is 3. The SMILES string of the molecule is COc1ccc([Si](C)(C)[C@@H]2[C@@H](CCO)O[C@]3(C(=O)N(c4ccccc4)c4ccc(N5CCCCC5=O)cc43)[C@H]2C)cc1. The van der Waals surface area contributed by atoms with Gasteiger partial charge in [-0.15, -0.1) is 0 Å². The van der Waals surface area contributed by atoms with Crippen LogP contribution in [0, 0.1) is 5.92 Å². The molecule has 2 saturated heterocycles. The molecule has 7 nitrogen and oxygen atoms in total. The highest BCUT2D eigenvalue weighted by atomic mass is 28.3. The maximum Gasteiger partial charge on any atom is 0.268 e. The van der Waals surface area contributed by atoms with Gasteiger partial charge in [0.2, 0.25) is 5.91 Å². The average molecular weight is 585 g/mol. The Morgan fingerprint density at radius 1 is 1.00 bits per heavy atom. The number of hydrogen-bond donors (Lipinski definition) is 1. The van der Waals surface area contributed by atoms with Crippen LogP contribution in [0.5, 0.6) is 5.75 Å². The number of aliphatic hydroxyl groups excluding tert-OH is 1. The van der Waals surface area contributed by atoms with E-state index in [0.717, 1.165) is 41.2 Å². The second kappa shape index (κ2) is 11.0. The van der Waals surface area contributed by atoms with Crippen LogP contribution in [0.15, 0.2) is 72.8 Å². The Balaban J connectivity index is 1.51. The third kappa shape index (κ3) is 4.39. The number of fused-ring (bicyclic) bond motifs is 2. The van der Waals surface area contributed by atoms with Crippen molar-refractivity contribution in [3.8, 4) is 5.75 Å². The summed E-state index contributed by atoms with van der Waals surface area (Å²) in [6, 6.07) is 23.9. The molecule has 2 fully saturated rings. The molecule has 220 valence electrons. The van der Waals surface area contributed by atoms with Crippen molar-refractivity contribution in [1.82, 2.24) is 0 Å². The Bertz CT molecular complexity index is 1480. The zero-order valence-corrected chi connectivity index (χ0v) is 25.9. The third-order valence-corrected chi connectivity index (χ3v) is 14.1. The predicted octanol–water partition coefficient (Wildman–Crippen LogP) is 5.49. The molecule has 3 heterocycles. The molecule has 3 aromatic rings. The number of methoxy groups -OCH3 is 1. The first kappa shape index (κ1) is 28.6. The van der Waals surface area contributed by atoms with E-state index in [1.807, 2.05) is 65.6 Å². The Kier molecular flexibility index (Phi) is 7.49. The zero-order chi connectivity index (χ0) is 29.6. The average Bonchev–Trinajstić information content (AvgIpc) is 3.44. The van der Waals surface area contributed by atoms with E-state index in [2.05, 4.69) is 32.2 Å². The Hall–Kier alpha value is -3.46. The van der Waals surface area contributed by atoms with Crippen LogP contribution in [0.4, 0.5) is 17.1 Å². The lowest BCUT2D eigenvalue weighted by atomic mass is 9.82. The van der Waals surface area contributed by atoms with Crippen LogP contribution < -0.4 is 19.7 Å². The van der Waals surface area contributed by atoms with E-state index < -0.39 is 13.7 Å². The highest BCUT2D eigenvalue weighted by molar-refractivity contribution is 6.91. The fourth-order valence-electron chi connectivity index (χ4n) is 7.70. The van der Waals surface area contributed by atoms with Crippen LogP contribution in [-0.4, -0.2) is 51.4 Å². The molecule has 1 N–H and O–H groups in total. The topological polar surface area (TPSA) is 79.3 Å². The Morgan fingerprint density at radius 2 is 1.74 bits per heavy atom. The molecule has 0 unspecified atom stereocenters. The normalized spacial score (nSPS) is 25.8. The lowest BCUT2D eigenvalue weighted by Gasteiger charge is -2.37. The van der Waals surface area contributed by atoms with E-state index in [-0.39, 0.29) is 36.0 Å². The maximum absolute atomic E-state index is 14.8. The summed E-state index contributed by atoms with van der Waals surface area (Å²) >= 11 is 0. The van der Waals surface area contributed by atoms with Crippen LogP contribution in [-0.2, 0) is 19.9 Å². The van der Waals surface area contributed by atoms with Gasteiger partial charge in [-0.05, 0) is 67.3 Å². The van der Waals surface area contributed by atoms with E-state index in [0.29, 0.717) is 19.4 Å². The number of nitrogens with zero attached hydrogens (tertiary/aromatic N) is 2. The van der Waals surface area contributed by atoms with E-state index in [4.69, 9.17) is 9.47 Å². The van der Waals surface area contributed by atoms with Crippen molar-refractivity contribution in [2.75, 3.05) is 30.1 Å². The molecule has 4 atom stereocenters. The van der Waals surface area contributed by atoms with Gasteiger partial charge in [-0.25, -0.2) is 0 Å². The first-order valence-corrected chi connectivity index (χ1v) is 18.1. The molecule has 2 amide bonds. The summed E-state index contributed by atoms with van der Waals surface area (Å²) in [6.45, 7) is 7.46. The third-order valence-electron chi connectivity index (χ3n) is 9.79. The summed E-state index contributed by atoms with van der Waals surface area (Å²) in [7, 11) is -0.609. The number of amides is 2. The number of benzene rings is 3. The largest absolute Gasteiger partial charge is 0.497 e. The fraction of sp³-hybridized carbons (Fsp3) is 0.412. The number of carbonyl (C=O) groups is 2. The van der Waals surface area contributed by atoms with E-state index in [9.17, 15) is 14.7 Å². The van der Waals surface area contributed by atoms with Crippen LogP contribution in [0.3, 0.4) is 0 Å². The van der Waals surface area contributed by atoms with Gasteiger partial charge in [0.25, 0.3) is 5.91 Å². The molecule has 8 heteroatoms. The van der Waals surface area contributed by atoms with Gasteiger partial charge in [0.05, 0.1) is 27.0 Å². The summed E-state index contributed by atoms with van der Waals surface area (Å²) in [5.41, 5.74) is 2.01. The van der Waals surface area contributed by atoms with Gasteiger partial charge in [0, 0.05) is 42.4 Å². The van der Waals surface area contributed by atoms with Crippen LogP contribution in [0.25, 0.3) is 0 Å². The van der Waals surface area contributed by atoms with Gasteiger partial charge in [-0.3, -0.25) is 14.5 Å². The number of carbonyl (C=O) groups excluding carboxylic acids is 2. The van der Waals surface area contributed by atoms with Gasteiger partial charge in [0.1, 0.15) is 5.75 Å². The minimum absolute atomic E-state index is 0.0250. The summed E-state index contributed by atoms with van der Waals surface area (Å²) < 4.78 is 12.5. The van der Waals surface area contributed by atoms with Crippen LogP contribution >= 0.6 is 0 Å². The van der Waals surface area contributed by atoms with E-state index >= 15 is 0 Å². The lowest BCUT2D eigenvalue weighted by Crippen LogP contribution is -2.51. The monoisotopic (exact) mass is 584 g/mol. The quantitative estimate of drug-likeness (QED) is 0.372. The molecule has 1 spiro atoms. The van der Waals surface area contributed by atoms with Crippen molar-refractivity contribution in [2.45, 2.75) is 62.9 Å². The zero-order valence-electron chi connectivity index (χ0n) is 24.9. The van der Waals surface area contributed by atoms with Crippen molar-refractivity contribution in [1.29, 1.82) is 0 Å². The number of hydrogen-bond acceptors (Lipinski definition) is 5. The number of aliphatic hydroxyl groups is 1. The number of piperidine rings is 1. The second-order valence-electron chi connectivity index (χ2n) is 12.3. The van der Waals surface area contributed by atoms with Gasteiger partial charge < -0.3 is 19.5 Å². The van der Waals surface area contributed by atoms with Crippen molar-refractivity contribution < 1.29 is 24.2 Å². The highest BCUT2D eigenvalue weighted by Gasteiger charge is 2.66. The highest BCUT2D eigenvalue weighted by Crippen LogP contribution is 2.61. The standard InChI is InChI=1S/C34H40N2O5Si/c1-23-32(42(3,4)27-16-14-26(40-2)15-17-27)30(19-21-37)41-34(23)28-22-25(35-20-9-8-12-31(35)38)13-18-29(28)36(33(34)39)24-10-6-5-7-11-24/h5-7,10-11,13-18,22-23,30,32,37H,8-9,12,19-21H2,1-4H3/t23-,30+,32-,34+/m0/s1. The fourth-order valence-corrected chi connectivity index (χ4v) is 11.8. The lowest BCUT2D eigenvalue weighted by molar-refractivity contribution is -0.145. The minimum atomic E-state index is -2.27. The van der Waals surface area contributed by atoms with Crippen molar-refractivity contribution >= 4 is 42.1 Å². The summed E-state index contributed by atoms with van der Waals surface area (Å²) in [6.07, 6.45) is 2.54. The predicted molar refractivity (Wildman–Crippen MR) is 168 cm³/mol. The first-order chi connectivity index (χ1) is 20.2. The second-order valence-corrected chi connectivity index (χ2v) is 17.0. The molecular weight excluding hydrogens is 544 g/mol. The van der Waals surface area contributed by atoms with Crippen LogP contribution in [0.2, 0.25) is 18.6 Å². The Labute approximate surface area is 249 Å². The van der Waals surface area contributed by atoms with Gasteiger partial charge in [-0.1, -0.05) is 55.5 Å². The van der Waals surface area contributed by atoms with Gasteiger partial charge in [0.15, 0.2) is 5.60 Å². The summed E-state index contributed by atoms with van der Waals surface area (Å²) in [5, 5.41) is 11.4. The van der Waals surface area contributed by atoms with Crippen molar-refractivity contribution in [2.24, 2.45) is 5.92 Å². The molecule has 0 radical (unpaired) electrons. The smallest absolute Gasteiger partial charge is 0.268 e. The van der Waals surface area contributed by atoms with E-state index in [1.54, 1.807) is 12.0 Å². The number of para-hydroxylation sites is 1. The molecule has 6 rings (SSSR count). The molecule has 0 aromatic heterocycles. The molecule has 42 heavy (non-hydrogen) atoms. The van der Waals surface area contributed by atoms with E-state index in [1.165, 1.54) is 5.19 Å². The van der Waals surface area contributed by atoms with Crippen LogP contribution in [0.1, 0.15) is 38.2 Å². The molecule has 3 aliphatic rings. The number of rotatable bonds is 7. The molecule has 0 bridgehead atoms. The molecular formula is C34H40N2O5Si. The Morgan fingerprint density at radius 3 is 2.40 bits per heavy atom. The molecule has 3 aliphatic heterocycles. The molecule has 0 saturated carbocycles. The van der Waals surface area contributed by atoms with Crippen molar-refractivity contribution in [3.05, 3.63) is 78.4 Å².